The number of aromatic nitrogens is 2. The Morgan fingerprint density at radius 2 is 1.90 bits per heavy atom. The summed E-state index contributed by atoms with van der Waals surface area (Å²) in [4.78, 5) is 9.23. The second-order valence-electron chi connectivity index (χ2n) is 6.07. The molecule has 3 rings (SSSR count). The van der Waals surface area contributed by atoms with E-state index in [1.165, 1.54) is 12.8 Å². The van der Waals surface area contributed by atoms with E-state index in [0.29, 0.717) is 11.8 Å². The Bertz CT molecular complexity index is 455. The number of rotatable bonds is 7. The highest BCUT2D eigenvalue weighted by molar-refractivity contribution is 5.48. The van der Waals surface area contributed by atoms with Gasteiger partial charge in [0.05, 0.1) is 6.10 Å². The molecule has 0 radical (unpaired) electrons. The van der Waals surface area contributed by atoms with E-state index in [9.17, 15) is 5.11 Å². The van der Waals surface area contributed by atoms with E-state index in [1.54, 1.807) is 0 Å². The van der Waals surface area contributed by atoms with Gasteiger partial charge in [0.1, 0.15) is 17.5 Å². The summed E-state index contributed by atoms with van der Waals surface area (Å²) in [6.45, 7) is 3.98. The van der Waals surface area contributed by atoms with Gasteiger partial charge in [0.2, 0.25) is 0 Å². The minimum Gasteiger partial charge on any atom is -0.393 e. The molecule has 2 aliphatic carbocycles. The number of hydrogen-bond donors (Lipinski definition) is 3. The van der Waals surface area contributed by atoms with Crippen LogP contribution in [0.3, 0.4) is 0 Å². The highest BCUT2D eigenvalue weighted by Crippen LogP contribution is 2.39. The third-order valence-electron chi connectivity index (χ3n) is 4.02. The number of aliphatic hydroxyl groups excluding tert-OH is 1. The lowest BCUT2D eigenvalue weighted by atomic mass is 9.82. The molecule has 5 nitrogen and oxygen atoms in total. The monoisotopic (exact) mass is 276 g/mol. The molecule has 0 saturated heterocycles. The highest BCUT2D eigenvalue weighted by Gasteiger charge is 2.28. The second-order valence-corrected chi connectivity index (χ2v) is 6.07. The van der Waals surface area contributed by atoms with Gasteiger partial charge in [-0.15, -0.1) is 0 Å². The van der Waals surface area contributed by atoms with E-state index < -0.39 is 0 Å². The van der Waals surface area contributed by atoms with E-state index in [4.69, 9.17) is 0 Å². The Morgan fingerprint density at radius 3 is 2.50 bits per heavy atom. The molecule has 0 aliphatic heterocycles. The van der Waals surface area contributed by atoms with Crippen LogP contribution in [-0.4, -0.2) is 34.3 Å². The standard InChI is InChI=1S/C15H24N4O/c1-2-5-16-13-8-14(17-9-10-6-12(20)7-10)19-15(18-13)11-3-4-11/h8,10-12,20H,2-7,9H2,1H3,(H2,16,17,18,19). The summed E-state index contributed by atoms with van der Waals surface area (Å²) in [7, 11) is 0. The summed E-state index contributed by atoms with van der Waals surface area (Å²) in [5, 5.41) is 16.1. The van der Waals surface area contributed by atoms with Gasteiger partial charge in [-0.1, -0.05) is 6.92 Å². The fourth-order valence-electron chi connectivity index (χ4n) is 2.54. The van der Waals surface area contributed by atoms with Crippen molar-refractivity contribution in [1.29, 1.82) is 0 Å². The Morgan fingerprint density at radius 1 is 1.20 bits per heavy atom. The third-order valence-corrected chi connectivity index (χ3v) is 4.02. The van der Waals surface area contributed by atoms with Gasteiger partial charge in [-0.25, -0.2) is 9.97 Å². The first-order valence-electron chi connectivity index (χ1n) is 7.79. The van der Waals surface area contributed by atoms with Crippen LogP contribution in [0.4, 0.5) is 11.6 Å². The van der Waals surface area contributed by atoms with Crippen LogP contribution >= 0.6 is 0 Å². The summed E-state index contributed by atoms with van der Waals surface area (Å²) in [6.07, 6.45) is 5.25. The molecular formula is C15H24N4O. The van der Waals surface area contributed by atoms with Gasteiger partial charge < -0.3 is 15.7 Å². The molecule has 1 aromatic heterocycles. The average Bonchev–Trinajstić information content (AvgIpc) is 3.24. The smallest absolute Gasteiger partial charge is 0.136 e. The van der Waals surface area contributed by atoms with E-state index in [-0.39, 0.29) is 6.10 Å². The van der Waals surface area contributed by atoms with Crippen LogP contribution in [0.25, 0.3) is 0 Å². The lowest BCUT2D eigenvalue weighted by molar-refractivity contribution is 0.0486. The number of anilines is 2. The summed E-state index contributed by atoms with van der Waals surface area (Å²) in [5.74, 6) is 3.96. The summed E-state index contributed by atoms with van der Waals surface area (Å²) >= 11 is 0. The van der Waals surface area contributed by atoms with Crippen LogP contribution in [0.5, 0.6) is 0 Å². The van der Waals surface area contributed by atoms with Gasteiger partial charge in [0.25, 0.3) is 0 Å². The molecule has 1 heterocycles. The van der Waals surface area contributed by atoms with Gasteiger partial charge in [-0.2, -0.15) is 0 Å². The van der Waals surface area contributed by atoms with Crippen LogP contribution in [0.15, 0.2) is 6.07 Å². The normalized spacial score (nSPS) is 25.1. The molecule has 2 saturated carbocycles. The molecule has 1 aromatic rings. The molecule has 2 aliphatic rings. The molecule has 20 heavy (non-hydrogen) atoms. The third kappa shape index (κ3) is 3.39. The first-order chi connectivity index (χ1) is 9.74. The summed E-state index contributed by atoms with van der Waals surface area (Å²) < 4.78 is 0. The quantitative estimate of drug-likeness (QED) is 0.713. The zero-order chi connectivity index (χ0) is 13.9. The SMILES string of the molecule is CCCNc1cc(NCC2CC(O)C2)nc(C2CC2)n1. The minimum atomic E-state index is -0.0870. The maximum atomic E-state index is 9.32. The Balaban J connectivity index is 1.63. The number of nitrogens with zero attached hydrogens (tertiary/aromatic N) is 2. The van der Waals surface area contributed by atoms with Crippen molar-refractivity contribution in [3.63, 3.8) is 0 Å². The topological polar surface area (TPSA) is 70.1 Å². The van der Waals surface area contributed by atoms with Gasteiger partial charge in [-0.3, -0.25) is 0 Å². The van der Waals surface area contributed by atoms with Crippen LogP contribution in [0.1, 0.15) is 50.8 Å². The molecule has 0 atom stereocenters. The molecular weight excluding hydrogens is 252 g/mol. The van der Waals surface area contributed by atoms with Crippen LogP contribution in [0.2, 0.25) is 0 Å². The van der Waals surface area contributed by atoms with Crippen LogP contribution < -0.4 is 10.6 Å². The Hall–Kier alpha value is -1.36. The molecule has 3 N–H and O–H groups in total. The molecule has 0 aromatic carbocycles. The predicted molar refractivity (Wildman–Crippen MR) is 80.0 cm³/mol. The van der Waals surface area contributed by atoms with Crippen molar-refractivity contribution >= 4 is 11.6 Å². The first-order valence-corrected chi connectivity index (χ1v) is 7.79. The van der Waals surface area contributed by atoms with Crippen molar-refractivity contribution < 1.29 is 5.11 Å². The summed E-state index contributed by atoms with van der Waals surface area (Å²) in [6, 6.07) is 2.00. The zero-order valence-electron chi connectivity index (χ0n) is 12.1. The van der Waals surface area contributed by atoms with Crippen LogP contribution in [0, 0.1) is 5.92 Å². The van der Waals surface area contributed by atoms with Crippen molar-refractivity contribution in [1.82, 2.24) is 9.97 Å². The zero-order valence-corrected chi connectivity index (χ0v) is 12.1. The molecule has 0 unspecified atom stereocenters. The van der Waals surface area contributed by atoms with E-state index >= 15 is 0 Å². The van der Waals surface area contributed by atoms with Gasteiger partial charge >= 0.3 is 0 Å². The van der Waals surface area contributed by atoms with Gasteiger partial charge in [-0.05, 0) is 38.0 Å². The molecule has 0 amide bonds. The lowest BCUT2D eigenvalue weighted by Gasteiger charge is -2.31. The number of nitrogens with one attached hydrogen (secondary N) is 2. The fraction of sp³-hybridized carbons (Fsp3) is 0.733. The van der Waals surface area contributed by atoms with Crippen molar-refractivity contribution in [2.75, 3.05) is 23.7 Å². The van der Waals surface area contributed by atoms with Crippen molar-refractivity contribution in [2.45, 2.75) is 51.0 Å². The maximum absolute atomic E-state index is 9.32. The molecule has 5 heteroatoms. The molecule has 110 valence electrons. The average molecular weight is 276 g/mol. The van der Waals surface area contributed by atoms with E-state index in [2.05, 4.69) is 27.5 Å². The lowest BCUT2D eigenvalue weighted by Crippen LogP contribution is -2.33. The largest absolute Gasteiger partial charge is 0.393 e. The summed E-state index contributed by atoms with van der Waals surface area (Å²) in [5.41, 5.74) is 0. The van der Waals surface area contributed by atoms with Crippen molar-refractivity contribution in [3.05, 3.63) is 11.9 Å². The van der Waals surface area contributed by atoms with Gasteiger partial charge in [0, 0.05) is 25.1 Å². The fourth-order valence-corrected chi connectivity index (χ4v) is 2.54. The van der Waals surface area contributed by atoms with E-state index in [1.807, 2.05) is 6.07 Å². The number of hydrogen-bond acceptors (Lipinski definition) is 5. The highest BCUT2D eigenvalue weighted by atomic mass is 16.3. The van der Waals surface area contributed by atoms with Crippen molar-refractivity contribution in [3.8, 4) is 0 Å². The first kappa shape index (κ1) is 13.6. The van der Waals surface area contributed by atoms with Gasteiger partial charge in [0.15, 0.2) is 0 Å². The predicted octanol–water partition coefficient (Wildman–Crippen LogP) is 2.36. The maximum Gasteiger partial charge on any atom is 0.136 e. The van der Waals surface area contributed by atoms with Crippen LogP contribution in [-0.2, 0) is 0 Å². The second kappa shape index (κ2) is 5.95. The number of aliphatic hydroxyl groups is 1. The Kier molecular flexibility index (Phi) is 4.05. The van der Waals surface area contributed by atoms with E-state index in [0.717, 1.165) is 49.8 Å². The molecule has 0 bridgehead atoms. The molecule has 2 fully saturated rings. The molecule has 0 spiro atoms. The van der Waals surface area contributed by atoms with Crippen molar-refractivity contribution in [2.24, 2.45) is 5.92 Å². The minimum absolute atomic E-state index is 0.0870. The Labute approximate surface area is 120 Å².